The van der Waals surface area contributed by atoms with Crippen molar-refractivity contribution in [2.75, 3.05) is 13.1 Å². The maximum absolute atomic E-state index is 12.7. The summed E-state index contributed by atoms with van der Waals surface area (Å²) in [5.41, 5.74) is 6.23. The number of carbonyl (C=O) groups is 1. The van der Waals surface area contributed by atoms with Crippen molar-refractivity contribution in [1.29, 1.82) is 0 Å². The highest BCUT2D eigenvalue weighted by Crippen LogP contribution is 2.24. The molecule has 132 valence electrons. The summed E-state index contributed by atoms with van der Waals surface area (Å²) >= 11 is 0. The zero-order valence-electron chi connectivity index (χ0n) is 13.8. The fourth-order valence-corrected chi connectivity index (χ4v) is 3.33. The van der Waals surface area contributed by atoms with Crippen molar-refractivity contribution in [3.05, 3.63) is 42.7 Å². The fraction of sp³-hybridized carbons (Fsp3) is 0.471. The summed E-state index contributed by atoms with van der Waals surface area (Å²) < 4.78 is 11.2. The number of rotatable bonds is 4. The van der Waals surface area contributed by atoms with Crippen molar-refractivity contribution >= 4 is 5.91 Å². The second kappa shape index (κ2) is 7.20. The summed E-state index contributed by atoms with van der Waals surface area (Å²) in [5.74, 6) is 1.51. The van der Waals surface area contributed by atoms with Crippen LogP contribution in [-0.2, 0) is 4.79 Å². The van der Waals surface area contributed by atoms with Gasteiger partial charge in [-0.3, -0.25) is 9.78 Å². The third-order valence-electron chi connectivity index (χ3n) is 4.67. The Labute approximate surface area is 145 Å². The van der Waals surface area contributed by atoms with Crippen LogP contribution in [0.4, 0.5) is 0 Å². The van der Waals surface area contributed by atoms with Crippen molar-refractivity contribution < 1.29 is 13.9 Å². The van der Waals surface area contributed by atoms with Crippen molar-refractivity contribution in [3.8, 4) is 5.88 Å². The number of amides is 1. The van der Waals surface area contributed by atoms with Crippen LogP contribution in [0.15, 0.2) is 41.4 Å². The van der Waals surface area contributed by atoms with Crippen LogP contribution >= 0.6 is 0 Å². The average Bonchev–Trinajstić information content (AvgIpc) is 3.34. The van der Waals surface area contributed by atoms with Gasteiger partial charge in [-0.25, -0.2) is 15.8 Å². The van der Waals surface area contributed by atoms with Gasteiger partial charge in [-0.05, 0) is 18.6 Å². The van der Waals surface area contributed by atoms with Crippen LogP contribution in [0, 0.1) is 0 Å². The van der Waals surface area contributed by atoms with Gasteiger partial charge >= 0.3 is 0 Å². The van der Waals surface area contributed by atoms with Gasteiger partial charge in [0.25, 0.3) is 0 Å². The molecule has 2 atom stereocenters. The summed E-state index contributed by atoms with van der Waals surface area (Å²) in [4.78, 5) is 22.7. The van der Waals surface area contributed by atoms with Gasteiger partial charge in [0.1, 0.15) is 17.9 Å². The molecule has 2 fully saturated rings. The molecule has 0 saturated carbocycles. The third-order valence-corrected chi connectivity index (χ3v) is 4.67. The van der Waals surface area contributed by atoms with E-state index in [1.54, 1.807) is 24.9 Å². The number of furan rings is 1. The highest BCUT2D eigenvalue weighted by Gasteiger charge is 2.35. The van der Waals surface area contributed by atoms with Crippen molar-refractivity contribution in [1.82, 2.24) is 25.7 Å². The lowest BCUT2D eigenvalue weighted by atomic mass is 10.0. The van der Waals surface area contributed by atoms with Crippen LogP contribution in [0.25, 0.3) is 0 Å². The van der Waals surface area contributed by atoms with Gasteiger partial charge in [0.05, 0.1) is 18.5 Å². The van der Waals surface area contributed by atoms with E-state index in [2.05, 4.69) is 20.8 Å². The smallest absolute Gasteiger partial charge is 0.241 e. The van der Waals surface area contributed by atoms with E-state index < -0.39 is 0 Å². The lowest BCUT2D eigenvalue weighted by Crippen LogP contribution is -2.49. The Balaban J connectivity index is 1.27. The minimum Gasteiger partial charge on any atom is -0.473 e. The molecule has 0 spiro atoms. The standard InChI is InChI=1S/C17H21N5O3/c23-17(14-10-13(20-21-14)15-2-1-9-24-15)22-7-3-12(4-8-22)25-16-11-18-5-6-19-16/h1-2,5-6,9,11-14,20-21H,3-4,7-8,10H2. The second-order valence-electron chi connectivity index (χ2n) is 6.33. The largest absolute Gasteiger partial charge is 0.473 e. The molecule has 8 heteroatoms. The minimum absolute atomic E-state index is 0.0291. The second-order valence-corrected chi connectivity index (χ2v) is 6.33. The summed E-state index contributed by atoms with van der Waals surface area (Å²) in [5, 5.41) is 0. The number of likely N-dealkylation sites (tertiary alicyclic amines) is 1. The summed E-state index contributed by atoms with van der Waals surface area (Å²) in [6, 6.07) is 3.57. The van der Waals surface area contributed by atoms with E-state index in [1.807, 2.05) is 17.0 Å². The molecular weight excluding hydrogens is 322 g/mol. The van der Waals surface area contributed by atoms with E-state index in [9.17, 15) is 4.79 Å². The van der Waals surface area contributed by atoms with Gasteiger partial charge in [0.15, 0.2) is 0 Å². The average molecular weight is 343 g/mol. The molecule has 2 aromatic heterocycles. The molecule has 0 aromatic carbocycles. The predicted octanol–water partition coefficient (Wildman–Crippen LogP) is 1.05. The van der Waals surface area contributed by atoms with Crippen LogP contribution in [0.2, 0.25) is 0 Å². The molecule has 2 saturated heterocycles. The van der Waals surface area contributed by atoms with Gasteiger partial charge in [-0.2, -0.15) is 0 Å². The first-order chi connectivity index (χ1) is 12.3. The highest BCUT2D eigenvalue weighted by atomic mass is 16.5. The Morgan fingerprint density at radius 1 is 1.28 bits per heavy atom. The predicted molar refractivity (Wildman–Crippen MR) is 88.4 cm³/mol. The maximum Gasteiger partial charge on any atom is 0.241 e. The molecule has 0 bridgehead atoms. The molecule has 0 aliphatic carbocycles. The molecule has 8 nitrogen and oxygen atoms in total. The lowest BCUT2D eigenvalue weighted by molar-refractivity contribution is -0.135. The maximum atomic E-state index is 12.7. The third kappa shape index (κ3) is 3.64. The Morgan fingerprint density at radius 2 is 2.16 bits per heavy atom. The van der Waals surface area contributed by atoms with Crippen LogP contribution in [0.3, 0.4) is 0 Å². The first kappa shape index (κ1) is 16.0. The molecule has 25 heavy (non-hydrogen) atoms. The van der Waals surface area contributed by atoms with E-state index in [-0.39, 0.29) is 24.1 Å². The van der Waals surface area contributed by atoms with Crippen molar-refractivity contribution in [3.63, 3.8) is 0 Å². The molecule has 2 N–H and O–H groups in total. The van der Waals surface area contributed by atoms with Gasteiger partial charge in [-0.1, -0.05) is 0 Å². The topological polar surface area (TPSA) is 92.5 Å². The number of hydrogen-bond acceptors (Lipinski definition) is 7. The van der Waals surface area contributed by atoms with E-state index >= 15 is 0 Å². The number of hydrazine groups is 1. The number of hydrogen-bond donors (Lipinski definition) is 2. The van der Waals surface area contributed by atoms with E-state index in [0.29, 0.717) is 25.4 Å². The minimum atomic E-state index is -0.229. The van der Waals surface area contributed by atoms with Crippen LogP contribution in [0.1, 0.15) is 31.1 Å². The summed E-state index contributed by atoms with van der Waals surface area (Å²) in [6.07, 6.45) is 8.84. The normalized spacial score (nSPS) is 24.4. The van der Waals surface area contributed by atoms with Gasteiger partial charge < -0.3 is 14.1 Å². The van der Waals surface area contributed by atoms with Gasteiger partial charge in [-0.15, -0.1) is 0 Å². The molecular formula is C17H21N5O3. The summed E-state index contributed by atoms with van der Waals surface area (Å²) in [6.45, 7) is 1.38. The quantitative estimate of drug-likeness (QED) is 0.857. The molecule has 2 aliphatic rings. The molecule has 1 amide bonds. The van der Waals surface area contributed by atoms with E-state index in [0.717, 1.165) is 18.6 Å². The monoisotopic (exact) mass is 343 g/mol. The molecule has 0 radical (unpaired) electrons. The number of piperidine rings is 1. The SMILES string of the molecule is O=C(C1CC(c2ccco2)NN1)N1CCC(Oc2cnccn2)CC1. The zero-order valence-corrected chi connectivity index (χ0v) is 13.8. The highest BCUT2D eigenvalue weighted by molar-refractivity contribution is 5.82. The fourth-order valence-electron chi connectivity index (χ4n) is 3.33. The Kier molecular flexibility index (Phi) is 4.62. The molecule has 4 heterocycles. The molecule has 2 unspecified atom stereocenters. The molecule has 2 aliphatic heterocycles. The first-order valence-corrected chi connectivity index (χ1v) is 8.55. The van der Waals surface area contributed by atoms with Gasteiger partial charge in [0, 0.05) is 38.3 Å². The Bertz CT molecular complexity index is 686. The zero-order chi connectivity index (χ0) is 17.1. The first-order valence-electron chi connectivity index (χ1n) is 8.55. The van der Waals surface area contributed by atoms with Crippen LogP contribution < -0.4 is 15.6 Å². The number of aromatic nitrogens is 2. The Morgan fingerprint density at radius 3 is 2.88 bits per heavy atom. The summed E-state index contributed by atoms with van der Waals surface area (Å²) in [7, 11) is 0. The Hall–Kier alpha value is -2.45. The molecule has 4 rings (SSSR count). The van der Waals surface area contributed by atoms with E-state index in [1.165, 1.54) is 0 Å². The van der Waals surface area contributed by atoms with E-state index in [4.69, 9.17) is 9.15 Å². The van der Waals surface area contributed by atoms with Crippen LogP contribution in [-0.4, -0.2) is 46.0 Å². The van der Waals surface area contributed by atoms with Crippen molar-refractivity contribution in [2.24, 2.45) is 0 Å². The molecule has 2 aromatic rings. The van der Waals surface area contributed by atoms with Gasteiger partial charge in [0.2, 0.25) is 11.8 Å². The number of ether oxygens (including phenoxy) is 1. The van der Waals surface area contributed by atoms with Crippen LogP contribution in [0.5, 0.6) is 5.88 Å². The lowest BCUT2D eigenvalue weighted by Gasteiger charge is -2.33. The van der Waals surface area contributed by atoms with Crippen molar-refractivity contribution in [2.45, 2.75) is 37.5 Å². The number of carbonyl (C=O) groups excluding carboxylic acids is 1. The number of nitrogens with zero attached hydrogens (tertiary/aromatic N) is 3. The number of nitrogens with one attached hydrogen (secondary N) is 2.